The van der Waals surface area contributed by atoms with Crippen LogP contribution in [0.25, 0.3) is 0 Å². The number of aliphatic imine (C=N–C) groups is 1. The Hall–Kier alpha value is -2.31. The minimum absolute atomic E-state index is 0.0874. The molecule has 0 aliphatic rings. The Morgan fingerprint density at radius 2 is 1.93 bits per heavy atom. The van der Waals surface area contributed by atoms with Crippen molar-refractivity contribution >= 4 is 40.8 Å². The molecule has 0 aliphatic carbocycles. The molecule has 2 rings (SSSR count). The largest absolute Gasteiger partial charge is 0.356 e. The van der Waals surface area contributed by atoms with Gasteiger partial charge in [0.05, 0.1) is 0 Å². The SMILES string of the molecule is CN=C(NCCC(=O)Nc1cccc(Cl)c1C)NCCc1ccc(Cl)nc1. The second kappa shape index (κ2) is 10.7. The molecule has 0 spiro atoms. The van der Waals surface area contributed by atoms with Crippen LogP contribution in [0.5, 0.6) is 0 Å². The molecule has 0 saturated heterocycles. The van der Waals surface area contributed by atoms with Gasteiger partial charge in [0, 0.05) is 43.5 Å². The van der Waals surface area contributed by atoms with Gasteiger partial charge in [0.15, 0.2) is 5.96 Å². The maximum absolute atomic E-state index is 12.1. The molecule has 6 nitrogen and oxygen atoms in total. The summed E-state index contributed by atoms with van der Waals surface area (Å²) in [4.78, 5) is 20.3. The Morgan fingerprint density at radius 3 is 2.63 bits per heavy atom. The Bertz CT molecular complexity index is 793. The Kier molecular flexibility index (Phi) is 8.36. The molecule has 0 atom stereocenters. The summed E-state index contributed by atoms with van der Waals surface area (Å²) in [5.41, 5.74) is 2.67. The zero-order chi connectivity index (χ0) is 19.6. The number of nitrogens with zero attached hydrogens (tertiary/aromatic N) is 2. The van der Waals surface area contributed by atoms with Gasteiger partial charge in [-0.1, -0.05) is 35.3 Å². The zero-order valence-electron chi connectivity index (χ0n) is 15.4. The number of aromatic nitrogens is 1. The van der Waals surface area contributed by atoms with Crippen molar-refractivity contribution in [1.29, 1.82) is 0 Å². The molecule has 0 aliphatic heterocycles. The number of halogens is 2. The van der Waals surface area contributed by atoms with Crippen LogP contribution in [0.15, 0.2) is 41.5 Å². The Morgan fingerprint density at radius 1 is 1.15 bits per heavy atom. The van der Waals surface area contributed by atoms with Gasteiger partial charge < -0.3 is 16.0 Å². The number of guanidine groups is 1. The summed E-state index contributed by atoms with van der Waals surface area (Å²) in [5.74, 6) is 0.555. The summed E-state index contributed by atoms with van der Waals surface area (Å²) >= 11 is 11.8. The Balaban J connectivity index is 1.70. The van der Waals surface area contributed by atoms with Crippen LogP contribution < -0.4 is 16.0 Å². The first-order chi connectivity index (χ1) is 13.0. The van der Waals surface area contributed by atoms with E-state index in [0.717, 1.165) is 23.2 Å². The molecule has 3 N–H and O–H groups in total. The molecule has 27 heavy (non-hydrogen) atoms. The molecule has 0 bridgehead atoms. The fraction of sp³-hybridized carbons (Fsp3) is 0.316. The number of amides is 1. The first-order valence-corrected chi connectivity index (χ1v) is 9.35. The number of benzene rings is 1. The van der Waals surface area contributed by atoms with E-state index in [2.05, 4.69) is 25.9 Å². The maximum atomic E-state index is 12.1. The molecule has 1 aromatic carbocycles. The second-order valence-electron chi connectivity index (χ2n) is 5.88. The molecule has 1 aromatic heterocycles. The molecular weight excluding hydrogens is 385 g/mol. The highest BCUT2D eigenvalue weighted by atomic mass is 35.5. The monoisotopic (exact) mass is 407 g/mol. The van der Waals surface area contributed by atoms with Crippen molar-refractivity contribution in [2.45, 2.75) is 19.8 Å². The molecule has 1 amide bonds. The van der Waals surface area contributed by atoms with Gasteiger partial charge in [-0.05, 0) is 42.7 Å². The first kappa shape index (κ1) is 21.0. The molecule has 144 valence electrons. The molecule has 2 aromatic rings. The van der Waals surface area contributed by atoms with E-state index in [4.69, 9.17) is 23.2 Å². The van der Waals surface area contributed by atoms with E-state index in [9.17, 15) is 4.79 Å². The number of carbonyl (C=O) groups is 1. The van der Waals surface area contributed by atoms with E-state index in [0.29, 0.717) is 35.6 Å². The average molecular weight is 408 g/mol. The third-order valence-corrected chi connectivity index (χ3v) is 4.54. The van der Waals surface area contributed by atoms with Crippen molar-refractivity contribution in [3.63, 3.8) is 0 Å². The summed E-state index contributed by atoms with van der Waals surface area (Å²) in [6.45, 7) is 3.03. The summed E-state index contributed by atoms with van der Waals surface area (Å²) < 4.78 is 0. The fourth-order valence-electron chi connectivity index (χ4n) is 2.35. The van der Waals surface area contributed by atoms with Gasteiger partial charge >= 0.3 is 0 Å². The average Bonchev–Trinajstić information content (AvgIpc) is 2.65. The van der Waals surface area contributed by atoms with Crippen LogP contribution in [0, 0.1) is 6.92 Å². The Labute approximate surface area is 169 Å². The quantitative estimate of drug-likeness (QED) is 0.373. The topological polar surface area (TPSA) is 78.4 Å². The van der Waals surface area contributed by atoms with Crippen LogP contribution in [0.1, 0.15) is 17.5 Å². The smallest absolute Gasteiger partial charge is 0.226 e. The van der Waals surface area contributed by atoms with Gasteiger partial charge in [-0.15, -0.1) is 0 Å². The highest BCUT2D eigenvalue weighted by molar-refractivity contribution is 6.31. The van der Waals surface area contributed by atoms with Crippen molar-refractivity contribution < 1.29 is 4.79 Å². The van der Waals surface area contributed by atoms with Gasteiger partial charge in [0.2, 0.25) is 5.91 Å². The molecule has 0 fully saturated rings. The lowest BCUT2D eigenvalue weighted by Crippen LogP contribution is -2.39. The lowest BCUT2D eigenvalue weighted by molar-refractivity contribution is -0.116. The van der Waals surface area contributed by atoms with E-state index >= 15 is 0 Å². The van der Waals surface area contributed by atoms with Gasteiger partial charge in [-0.25, -0.2) is 4.98 Å². The van der Waals surface area contributed by atoms with E-state index in [1.54, 1.807) is 25.4 Å². The lowest BCUT2D eigenvalue weighted by Gasteiger charge is -2.13. The second-order valence-corrected chi connectivity index (χ2v) is 6.67. The third-order valence-electron chi connectivity index (χ3n) is 3.90. The molecule has 0 radical (unpaired) electrons. The normalized spacial score (nSPS) is 11.2. The van der Waals surface area contributed by atoms with Gasteiger partial charge in [-0.3, -0.25) is 9.79 Å². The summed E-state index contributed by atoms with van der Waals surface area (Å²) in [5, 5.41) is 10.3. The number of hydrogen-bond donors (Lipinski definition) is 3. The minimum atomic E-state index is -0.0874. The van der Waals surface area contributed by atoms with E-state index < -0.39 is 0 Å². The van der Waals surface area contributed by atoms with Crippen molar-refractivity contribution in [3.05, 3.63) is 57.8 Å². The summed E-state index contributed by atoms with van der Waals surface area (Å²) in [6, 6.07) is 9.15. The standard InChI is InChI=1S/C19H23Cl2N5O/c1-13-15(20)4-3-5-16(13)26-18(27)9-11-24-19(22-2)23-10-8-14-6-7-17(21)25-12-14/h3-7,12H,8-11H2,1-2H3,(H,26,27)(H2,22,23,24). The predicted molar refractivity (Wildman–Crippen MR) is 112 cm³/mol. The molecule has 1 heterocycles. The highest BCUT2D eigenvalue weighted by Crippen LogP contribution is 2.22. The van der Waals surface area contributed by atoms with Crippen LogP contribution >= 0.6 is 23.2 Å². The van der Waals surface area contributed by atoms with E-state index in [1.165, 1.54) is 0 Å². The number of pyridine rings is 1. The number of anilines is 1. The van der Waals surface area contributed by atoms with E-state index in [1.807, 2.05) is 25.1 Å². The number of hydrogen-bond acceptors (Lipinski definition) is 3. The number of rotatable bonds is 7. The number of nitrogens with one attached hydrogen (secondary N) is 3. The van der Waals surface area contributed by atoms with Crippen molar-refractivity contribution in [2.24, 2.45) is 4.99 Å². The van der Waals surface area contributed by atoms with E-state index in [-0.39, 0.29) is 5.91 Å². The lowest BCUT2D eigenvalue weighted by atomic mass is 10.2. The molecular formula is C19H23Cl2N5O. The highest BCUT2D eigenvalue weighted by Gasteiger charge is 2.07. The zero-order valence-corrected chi connectivity index (χ0v) is 16.9. The molecule has 0 unspecified atom stereocenters. The van der Waals surface area contributed by atoms with Crippen LogP contribution in [0.3, 0.4) is 0 Å². The maximum Gasteiger partial charge on any atom is 0.226 e. The van der Waals surface area contributed by atoms with Gasteiger partial charge in [0.1, 0.15) is 5.15 Å². The first-order valence-electron chi connectivity index (χ1n) is 8.59. The molecule has 0 saturated carbocycles. The van der Waals surface area contributed by atoms with Crippen molar-refractivity contribution in [1.82, 2.24) is 15.6 Å². The van der Waals surface area contributed by atoms with Crippen LogP contribution in [-0.2, 0) is 11.2 Å². The van der Waals surface area contributed by atoms with Crippen LogP contribution in [0.2, 0.25) is 10.2 Å². The summed E-state index contributed by atoms with van der Waals surface area (Å²) in [6.07, 6.45) is 2.86. The summed E-state index contributed by atoms with van der Waals surface area (Å²) in [7, 11) is 1.69. The van der Waals surface area contributed by atoms with Crippen LogP contribution in [0.4, 0.5) is 5.69 Å². The molecule has 8 heteroatoms. The van der Waals surface area contributed by atoms with Gasteiger partial charge in [0.25, 0.3) is 0 Å². The third kappa shape index (κ3) is 7.07. The fourth-order valence-corrected chi connectivity index (χ4v) is 2.64. The minimum Gasteiger partial charge on any atom is -0.356 e. The van der Waals surface area contributed by atoms with Crippen molar-refractivity contribution in [2.75, 3.05) is 25.5 Å². The van der Waals surface area contributed by atoms with Crippen LogP contribution in [-0.4, -0.2) is 37.0 Å². The van der Waals surface area contributed by atoms with Gasteiger partial charge in [-0.2, -0.15) is 0 Å². The number of carbonyl (C=O) groups excluding carboxylic acids is 1. The van der Waals surface area contributed by atoms with Crippen molar-refractivity contribution in [3.8, 4) is 0 Å². The predicted octanol–water partition coefficient (Wildman–Crippen LogP) is 3.43.